The molecule has 0 bridgehead atoms. The van der Waals surface area contributed by atoms with Gasteiger partial charge < -0.3 is 5.73 Å². The number of hydrogen-bond acceptors (Lipinski definition) is 7. The molecule has 1 unspecified atom stereocenters. The first-order chi connectivity index (χ1) is 9.79. The zero-order chi connectivity index (χ0) is 15.6. The molecule has 21 heavy (non-hydrogen) atoms. The van der Waals surface area contributed by atoms with Gasteiger partial charge in [-0.3, -0.25) is 15.0 Å². The molecule has 1 aromatic carbocycles. The van der Waals surface area contributed by atoms with Gasteiger partial charge in [0.1, 0.15) is 11.1 Å². The van der Waals surface area contributed by atoms with Crippen LogP contribution in [0.3, 0.4) is 0 Å². The lowest BCUT2D eigenvalue weighted by molar-refractivity contribution is -0.383. The molecule has 0 saturated carbocycles. The highest BCUT2D eigenvalue weighted by atomic mass is 32.2. The number of hydrogen-bond donors (Lipinski definition) is 1. The number of sulfone groups is 1. The molecular formula is C12H17N3O4S2. The van der Waals surface area contributed by atoms with Gasteiger partial charge in [0, 0.05) is 36.9 Å². The van der Waals surface area contributed by atoms with Gasteiger partial charge in [-0.1, -0.05) is 6.07 Å². The molecule has 1 heterocycles. The summed E-state index contributed by atoms with van der Waals surface area (Å²) in [6.07, 6.45) is 1.24. The van der Waals surface area contributed by atoms with E-state index in [0.717, 1.165) is 11.3 Å². The van der Waals surface area contributed by atoms with E-state index in [1.54, 1.807) is 23.9 Å². The van der Waals surface area contributed by atoms with Crippen LogP contribution >= 0.6 is 11.8 Å². The zero-order valence-corrected chi connectivity index (χ0v) is 13.2. The molecular weight excluding hydrogens is 314 g/mol. The fraction of sp³-hybridized carbons (Fsp3) is 0.500. The predicted molar refractivity (Wildman–Crippen MR) is 83.9 cm³/mol. The summed E-state index contributed by atoms with van der Waals surface area (Å²) in [7, 11) is -3.16. The number of nitrogens with zero attached hydrogens (tertiary/aromatic N) is 2. The molecule has 1 aliphatic rings. The second-order valence-corrected chi connectivity index (χ2v) is 8.33. The average molecular weight is 331 g/mol. The smallest absolute Gasteiger partial charge is 0.292 e. The predicted octanol–water partition coefficient (Wildman–Crippen LogP) is 1.10. The van der Waals surface area contributed by atoms with Crippen molar-refractivity contribution >= 4 is 33.0 Å². The summed E-state index contributed by atoms with van der Waals surface area (Å²) in [6, 6.07) is 4.52. The van der Waals surface area contributed by atoms with Gasteiger partial charge in [0.2, 0.25) is 0 Å². The largest absolute Gasteiger partial charge is 0.393 e. The van der Waals surface area contributed by atoms with Crippen LogP contribution < -0.4 is 5.73 Å². The van der Waals surface area contributed by atoms with Crippen molar-refractivity contribution in [1.29, 1.82) is 0 Å². The monoisotopic (exact) mass is 331 g/mol. The SMILES string of the molecule is CS(=O)(=O)C1CSCCN1Cc1ccc([N+](=O)[O-])c(N)c1. The second-order valence-electron chi connectivity index (χ2n) is 4.98. The van der Waals surface area contributed by atoms with Gasteiger partial charge in [-0.15, -0.1) is 0 Å². The van der Waals surface area contributed by atoms with Crippen molar-refractivity contribution in [3.8, 4) is 0 Å². The standard InChI is InChI=1S/C12H17N3O4S2/c1-21(18,19)12-8-20-5-4-14(12)7-9-2-3-11(15(16)17)10(13)6-9/h2-3,6,12H,4-5,7-8,13H2,1H3. The summed E-state index contributed by atoms with van der Waals surface area (Å²) < 4.78 is 23.7. The Balaban J connectivity index is 2.20. The van der Waals surface area contributed by atoms with Gasteiger partial charge in [-0.25, -0.2) is 8.42 Å². The Kier molecular flexibility index (Phi) is 4.74. The normalized spacial score (nSPS) is 20.3. The van der Waals surface area contributed by atoms with E-state index in [-0.39, 0.29) is 11.4 Å². The van der Waals surface area contributed by atoms with Crippen molar-refractivity contribution in [3.05, 3.63) is 33.9 Å². The van der Waals surface area contributed by atoms with Crippen molar-refractivity contribution in [2.45, 2.75) is 11.9 Å². The van der Waals surface area contributed by atoms with Gasteiger partial charge in [-0.2, -0.15) is 11.8 Å². The number of anilines is 1. The molecule has 2 N–H and O–H groups in total. The second kappa shape index (κ2) is 6.20. The molecule has 0 spiro atoms. The summed E-state index contributed by atoms with van der Waals surface area (Å²) in [5, 5.41) is 10.2. The summed E-state index contributed by atoms with van der Waals surface area (Å²) in [6.45, 7) is 1.08. The lowest BCUT2D eigenvalue weighted by atomic mass is 10.1. The fourth-order valence-corrected chi connectivity index (χ4v) is 5.24. The number of nitrogens with two attached hydrogens (primary N) is 1. The van der Waals surface area contributed by atoms with Crippen LogP contribution in [0.5, 0.6) is 0 Å². The first-order valence-corrected chi connectivity index (χ1v) is 9.43. The molecule has 7 nitrogen and oxygen atoms in total. The Morgan fingerprint density at radius 1 is 1.52 bits per heavy atom. The third-order valence-electron chi connectivity index (χ3n) is 3.36. The molecule has 1 aliphatic heterocycles. The molecule has 9 heteroatoms. The first-order valence-electron chi connectivity index (χ1n) is 6.32. The van der Waals surface area contributed by atoms with E-state index < -0.39 is 20.1 Å². The van der Waals surface area contributed by atoms with E-state index >= 15 is 0 Å². The van der Waals surface area contributed by atoms with Crippen molar-refractivity contribution < 1.29 is 13.3 Å². The molecule has 0 aromatic heterocycles. The van der Waals surface area contributed by atoms with E-state index in [9.17, 15) is 18.5 Å². The van der Waals surface area contributed by atoms with Crippen molar-refractivity contribution in [2.75, 3.05) is 30.0 Å². The van der Waals surface area contributed by atoms with Crippen molar-refractivity contribution in [1.82, 2.24) is 4.90 Å². The molecule has 116 valence electrons. The zero-order valence-electron chi connectivity index (χ0n) is 11.6. The first kappa shape index (κ1) is 16.1. The lowest BCUT2D eigenvalue weighted by Crippen LogP contribution is -2.46. The molecule has 1 fully saturated rings. The quantitative estimate of drug-likeness (QED) is 0.500. The molecule has 2 rings (SSSR count). The Labute approximate surface area is 127 Å². The number of nitrogen functional groups attached to an aromatic ring is 1. The van der Waals surface area contributed by atoms with E-state index in [1.165, 1.54) is 12.3 Å². The third-order valence-corrected chi connectivity index (χ3v) is 6.05. The molecule has 1 atom stereocenters. The minimum atomic E-state index is -3.16. The van der Waals surface area contributed by atoms with Gasteiger partial charge >= 0.3 is 0 Å². The van der Waals surface area contributed by atoms with E-state index in [0.29, 0.717) is 18.8 Å². The van der Waals surface area contributed by atoms with Gasteiger partial charge in [0.25, 0.3) is 5.69 Å². The van der Waals surface area contributed by atoms with Gasteiger partial charge in [0.15, 0.2) is 9.84 Å². The van der Waals surface area contributed by atoms with Gasteiger partial charge in [0.05, 0.1) is 4.92 Å². The van der Waals surface area contributed by atoms with Crippen LogP contribution in [0.15, 0.2) is 18.2 Å². The molecule has 0 radical (unpaired) electrons. The van der Waals surface area contributed by atoms with Crippen LogP contribution in [0.25, 0.3) is 0 Å². The van der Waals surface area contributed by atoms with Crippen LogP contribution in [-0.4, -0.2) is 47.9 Å². The average Bonchev–Trinajstić information content (AvgIpc) is 2.37. The summed E-state index contributed by atoms with van der Waals surface area (Å²) in [4.78, 5) is 12.1. The third kappa shape index (κ3) is 3.86. The maximum absolute atomic E-state index is 11.8. The van der Waals surface area contributed by atoms with Crippen LogP contribution in [-0.2, 0) is 16.4 Å². The molecule has 1 saturated heterocycles. The molecule has 0 amide bonds. The highest BCUT2D eigenvalue weighted by Gasteiger charge is 2.31. The van der Waals surface area contributed by atoms with E-state index in [2.05, 4.69) is 0 Å². The highest BCUT2D eigenvalue weighted by Crippen LogP contribution is 2.26. The minimum Gasteiger partial charge on any atom is -0.393 e. The number of thioether (sulfide) groups is 1. The Morgan fingerprint density at radius 2 is 2.24 bits per heavy atom. The molecule has 0 aliphatic carbocycles. The fourth-order valence-electron chi connectivity index (χ4n) is 2.29. The number of benzene rings is 1. The van der Waals surface area contributed by atoms with E-state index in [4.69, 9.17) is 5.73 Å². The number of nitro groups is 1. The Bertz CT molecular complexity index is 648. The maximum atomic E-state index is 11.8. The topological polar surface area (TPSA) is 107 Å². The Hall–Kier alpha value is -1.32. The van der Waals surface area contributed by atoms with Gasteiger partial charge in [-0.05, 0) is 11.6 Å². The van der Waals surface area contributed by atoms with Crippen LogP contribution in [0.4, 0.5) is 11.4 Å². The minimum absolute atomic E-state index is 0.0970. The van der Waals surface area contributed by atoms with E-state index in [1.807, 2.05) is 4.90 Å². The van der Waals surface area contributed by atoms with Crippen molar-refractivity contribution in [3.63, 3.8) is 0 Å². The van der Waals surface area contributed by atoms with Crippen LogP contribution in [0, 0.1) is 10.1 Å². The molecule has 1 aromatic rings. The maximum Gasteiger partial charge on any atom is 0.292 e. The highest BCUT2D eigenvalue weighted by molar-refractivity contribution is 8.00. The lowest BCUT2D eigenvalue weighted by Gasteiger charge is -2.34. The number of nitro benzene ring substituents is 1. The van der Waals surface area contributed by atoms with Crippen LogP contribution in [0.1, 0.15) is 5.56 Å². The number of rotatable bonds is 4. The van der Waals surface area contributed by atoms with Crippen molar-refractivity contribution in [2.24, 2.45) is 0 Å². The summed E-state index contributed by atoms with van der Waals surface area (Å²) >= 11 is 1.62. The summed E-state index contributed by atoms with van der Waals surface area (Å²) in [5.74, 6) is 1.41. The summed E-state index contributed by atoms with van der Waals surface area (Å²) in [5.41, 5.74) is 6.41. The van der Waals surface area contributed by atoms with Crippen LogP contribution in [0.2, 0.25) is 0 Å². The Morgan fingerprint density at radius 3 is 2.81 bits per heavy atom.